The lowest BCUT2D eigenvalue weighted by atomic mass is 10.0. The van der Waals surface area contributed by atoms with Crippen molar-refractivity contribution in [2.75, 3.05) is 7.11 Å². The number of methoxy groups -OCH3 is 1. The number of carbonyl (C=O) groups excluding carboxylic acids is 1. The first-order valence-corrected chi connectivity index (χ1v) is 9.34. The molecule has 0 spiro atoms. The van der Waals surface area contributed by atoms with Crippen molar-refractivity contribution in [1.82, 2.24) is 0 Å². The standard InChI is InChI=1S/C18H14ClNO4S/c1-24-14-6-2-12(3-7-14)16-17(18(16,10-20)11-21)25(22,23)15-8-4-13(19)5-9-15/h2-9,11,16-17H,1H3/t16-,17-,18+/m1/s1. The number of rotatable bonds is 5. The van der Waals surface area contributed by atoms with Gasteiger partial charge in [0.15, 0.2) is 9.84 Å². The van der Waals surface area contributed by atoms with Gasteiger partial charge in [-0.2, -0.15) is 5.26 Å². The van der Waals surface area contributed by atoms with E-state index < -0.39 is 26.4 Å². The van der Waals surface area contributed by atoms with Gasteiger partial charge in [-0.25, -0.2) is 8.42 Å². The minimum Gasteiger partial charge on any atom is -0.497 e. The summed E-state index contributed by atoms with van der Waals surface area (Å²) in [5.41, 5.74) is -0.982. The zero-order valence-corrected chi connectivity index (χ0v) is 14.8. The lowest BCUT2D eigenvalue weighted by Crippen LogP contribution is -2.16. The number of benzene rings is 2. The fourth-order valence-electron chi connectivity index (χ4n) is 3.14. The molecule has 0 heterocycles. The van der Waals surface area contributed by atoms with E-state index in [0.717, 1.165) is 0 Å². The third-order valence-electron chi connectivity index (χ3n) is 4.52. The van der Waals surface area contributed by atoms with Crippen LogP contribution >= 0.6 is 11.6 Å². The van der Waals surface area contributed by atoms with Crippen LogP contribution in [-0.2, 0) is 14.6 Å². The molecule has 2 aromatic carbocycles. The van der Waals surface area contributed by atoms with Crippen LogP contribution in [-0.4, -0.2) is 27.1 Å². The molecule has 3 atom stereocenters. The minimum atomic E-state index is -3.87. The number of aldehydes is 1. The van der Waals surface area contributed by atoms with Gasteiger partial charge in [-0.15, -0.1) is 0 Å². The van der Waals surface area contributed by atoms with Crippen LogP contribution < -0.4 is 4.74 Å². The predicted octanol–water partition coefficient (Wildman–Crippen LogP) is 3.00. The summed E-state index contributed by atoms with van der Waals surface area (Å²) >= 11 is 5.81. The number of ether oxygens (including phenoxy) is 1. The van der Waals surface area contributed by atoms with Gasteiger partial charge in [0.2, 0.25) is 0 Å². The fourth-order valence-corrected chi connectivity index (χ4v) is 5.51. The summed E-state index contributed by atoms with van der Waals surface area (Å²) in [5.74, 6) is -0.114. The third-order valence-corrected chi connectivity index (χ3v) is 7.03. The van der Waals surface area contributed by atoms with Crippen LogP contribution in [0.15, 0.2) is 53.4 Å². The molecule has 5 nitrogen and oxygen atoms in total. The Morgan fingerprint density at radius 2 is 1.76 bits per heavy atom. The molecule has 0 unspecified atom stereocenters. The highest BCUT2D eigenvalue weighted by Gasteiger charge is 2.72. The molecule has 1 aliphatic carbocycles. The lowest BCUT2D eigenvalue weighted by Gasteiger charge is -2.05. The van der Waals surface area contributed by atoms with Gasteiger partial charge in [0.25, 0.3) is 0 Å². The quantitative estimate of drug-likeness (QED) is 0.750. The summed E-state index contributed by atoms with van der Waals surface area (Å²) in [7, 11) is -2.35. The van der Waals surface area contributed by atoms with Gasteiger partial charge in [0.05, 0.1) is 18.1 Å². The highest BCUT2D eigenvalue weighted by Crippen LogP contribution is 2.62. The number of hydrogen-bond donors (Lipinski definition) is 0. The van der Waals surface area contributed by atoms with E-state index in [1.54, 1.807) is 24.3 Å². The summed E-state index contributed by atoms with van der Waals surface area (Å²) in [5, 5.41) is 8.80. The van der Waals surface area contributed by atoms with E-state index in [2.05, 4.69) is 0 Å². The van der Waals surface area contributed by atoms with Crippen LogP contribution in [0.5, 0.6) is 5.75 Å². The molecule has 3 rings (SSSR count). The molecule has 1 saturated carbocycles. The molecule has 7 heteroatoms. The van der Waals surface area contributed by atoms with Crippen molar-refractivity contribution in [2.24, 2.45) is 5.41 Å². The highest BCUT2D eigenvalue weighted by atomic mass is 35.5. The van der Waals surface area contributed by atoms with E-state index >= 15 is 0 Å². The van der Waals surface area contributed by atoms with Crippen LogP contribution in [0, 0.1) is 16.7 Å². The van der Waals surface area contributed by atoms with Gasteiger partial charge in [-0.1, -0.05) is 23.7 Å². The maximum atomic E-state index is 13.0. The Kier molecular flexibility index (Phi) is 4.31. The average molecular weight is 376 g/mol. The van der Waals surface area contributed by atoms with Crippen molar-refractivity contribution in [1.29, 1.82) is 5.26 Å². The van der Waals surface area contributed by atoms with Gasteiger partial charge in [-0.3, -0.25) is 0 Å². The van der Waals surface area contributed by atoms with Crippen molar-refractivity contribution in [3.8, 4) is 11.8 Å². The van der Waals surface area contributed by atoms with E-state index in [0.29, 0.717) is 22.6 Å². The molecule has 128 valence electrons. The van der Waals surface area contributed by atoms with Gasteiger partial charge < -0.3 is 9.53 Å². The smallest absolute Gasteiger partial charge is 0.183 e. The molecule has 0 amide bonds. The van der Waals surface area contributed by atoms with Crippen LogP contribution in [0.4, 0.5) is 0 Å². The Balaban J connectivity index is 2.05. The van der Waals surface area contributed by atoms with Crippen molar-refractivity contribution in [2.45, 2.75) is 16.1 Å². The van der Waals surface area contributed by atoms with Crippen LogP contribution in [0.1, 0.15) is 11.5 Å². The molecular weight excluding hydrogens is 362 g/mol. The number of halogens is 1. The molecule has 0 aliphatic heterocycles. The molecule has 0 radical (unpaired) electrons. The second kappa shape index (κ2) is 6.17. The summed E-state index contributed by atoms with van der Waals surface area (Å²) in [6.07, 6.45) is 0.444. The molecule has 2 aromatic rings. The molecule has 1 aliphatic rings. The molecule has 25 heavy (non-hydrogen) atoms. The molecule has 0 N–H and O–H groups in total. The molecule has 1 fully saturated rings. The summed E-state index contributed by atoms with van der Waals surface area (Å²) in [6, 6.07) is 14.3. The van der Waals surface area contributed by atoms with Crippen molar-refractivity contribution in [3.63, 3.8) is 0 Å². The molecule has 0 saturated heterocycles. The first-order valence-electron chi connectivity index (χ1n) is 7.41. The topological polar surface area (TPSA) is 84.2 Å². The first kappa shape index (κ1) is 17.5. The van der Waals surface area contributed by atoms with Gasteiger partial charge in [0, 0.05) is 10.9 Å². The van der Waals surface area contributed by atoms with Gasteiger partial charge >= 0.3 is 0 Å². The largest absolute Gasteiger partial charge is 0.497 e. The first-order chi connectivity index (χ1) is 11.9. The summed E-state index contributed by atoms with van der Waals surface area (Å²) in [4.78, 5) is 11.7. The Morgan fingerprint density at radius 1 is 1.16 bits per heavy atom. The zero-order chi connectivity index (χ0) is 18.2. The number of hydrogen-bond acceptors (Lipinski definition) is 5. The van der Waals surface area contributed by atoms with Gasteiger partial charge in [0.1, 0.15) is 22.7 Å². The highest BCUT2D eigenvalue weighted by molar-refractivity contribution is 7.92. The minimum absolute atomic E-state index is 0.0411. The normalized spacial score (nSPS) is 25.0. The van der Waals surface area contributed by atoms with E-state index in [4.69, 9.17) is 16.3 Å². The maximum absolute atomic E-state index is 13.0. The fraction of sp³-hybridized carbons (Fsp3) is 0.222. The monoisotopic (exact) mass is 375 g/mol. The third kappa shape index (κ3) is 2.70. The summed E-state index contributed by atoms with van der Waals surface area (Å²) in [6.45, 7) is 0. The zero-order valence-electron chi connectivity index (χ0n) is 13.2. The van der Waals surface area contributed by atoms with E-state index in [-0.39, 0.29) is 4.90 Å². The van der Waals surface area contributed by atoms with E-state index in [1.807, 2.05) is 6.07 Å². The predicted molar refractivity (Wildman–Crippen MR) is 92.3 cm³/mol. The molecule has 0 aromatic heterocycles. The maximum Gasteiger partial charge on any atom is 0.183 e. The second-order valence-electron chi connectivity index (χ2n) is 5.83. The lowest BCUT2D eigenvalue weighted by molar-refractivity contribution is -0.110. The van der Waals surface area contributed by atoms with E-state index in [9.17, 15) is 18.5 Å². The Bertz CT molecular complexity index is 948. The number of carbonyl (C=O) groups is 1. The Hall–Kier alpha value is -2.36. The number of nitriles is 1. The Morgan fingerprint density at radius 3 is 2.24 bits per heavy atom. The number of sulfone groups is 1. The van der Waals surface area contributed by atoms with Gasteiger partial charge in [-0.05, 0) is 42.0 Å². The van der Waals surface area contributed by atoms with Crippen molar-refractivity contribution >= 4 is 27.7 Å². The SMILES string of the molecule is COc1ccc([C@@H]2[C@@H](S(=O)(=O)c3ccc(Cl)cc3)[C@@]2(C#N)C=O)cc1. The summed E-state index contributed by atoms with van der Waals surface area (Å²) < 4.78 is 31.0. The average Bonchev–Trinajstić information content (AvgIpc) is 3.33. The van der Waals surface area contributed by atoms with Crippen LogP contribution in [0.2, 0.25) is 5.02 Å². The molecule has 0 bridgehead atoms. The molecular formula is C18H14ClNO4S. The van der Waals surface area contributed by atoms with Crippen molar-refractivity contribution < 1.29 is 17.9 Å². The Labute approximate surface area is 150 Å². The van der Waals surface area contributed by atoms with Crippen LogP contribution in [0.3, 0.4) is 0 Å². The van der Waals surface area contributed by atoms with Crippen LogP contribution in [0.25, 0.3) is 0 Å². The second-order valence-corrected chi connectivity index (χ2v) is 8.34. The van der Waals surface area contributed by atoms with E-state index in [1.165, 1.54) is 31.4 Å². The van der Waals surface area contributed by atoms with Crippen molar-refractivity contribution in [3.05, 3.63) is 59.1 Å². The number of nitrogens with zero attached hydrogens (tertiary/aromatic N) is 1.